The third kappa shape index (κ3) is 2.53. The van der Waals surface area contributed by atoms with E-state index in [1.807, 2.05) is 13.8 Å². The molecule has 5 nitrogen and oxygen atoms in total. The van der Waals surface area contributed by atoms with E-state index in [1.165, 1.54) is 4.90 Å². The smallest absolute Gasteiger partial charge is 0.435 e. The third-order valence-electron chi connectivity index (χ3n) is 2.37. The highest BCUT2D eigenvalue weighted by Crippen LogP contribution is 2.23. The van der Waals surface area contributed by atoms with E-state index in [9.17, 15) is 9.59 Å². The largest absolute Gasteiger partial charge is 0.510 e. The fourth-order valence-corrected chi connectivity index (χ4v) is 1.46. The van der Waals surface area contributed by atoms with Crippen LogP contribution in [0.1, 0.15) is 20.8 Å². The normalized spacial score (nSPS) is 20.1. The van der Waals surface area contributed by atoms with Crippen molar-refractivity contribution >= 4 is 12.1 Å². The van der Waals surface area contributed by atoms with Crippen molar-refractivity contribution in [2.45, 2.75) is 27.0 Å². The van der Waals surface area contributed by atoms with Gasteiger partial charge in [-0.15, -0.1) is 0 Å². The van der Waals surface area contributed by atoms with E-state index in [4.69, 9.17) is 4.74 Å². The number of likely N-dealkylation sites (N-methyl/N-ethyl adjacent to an activating group) is 1. The van der Waals surface area contributed by atoms with Gasteiger partial charge in [0.1, 0.15) is 0 Å². The predicted molar refractivity (Wildman–Crippen MR) is 57.6 cm³/mol. The van der Waals surface area contributed by atoms with Crippen LogP contribution in [-0.2, 0) is 14.3 Å². The van der Waals surface area contributed by atoms with E-state index >= 15 is 0 Å². The molecule has 0 radical (unpaired) electrons. The van der Waals surface area contributed by atoms with Crippen molar-refractivity contribution in [3.05, 3.63) is 11.6 Å². The first-order chi connectivity index (χ1) is 7.47. The zero-order chi connectivity index (χ0) is 12.3. The fraction of sp³-hybridized carbons (Fsp3) is 0.636. The first-order valence-electron chi connectivity index (χ1n) is 5.29. The molecule has 0 fully saturated rings. The average Bonchev–Trinajstić information content (AvgIpc) is 2.46. The summed E-state index contributed by atoms with van der Waals surface area (Å²) in [7, 11) is 1.60. The molecule has 0 bridgehead atoms. The minimum Gasteiger partial charge on any atom is -0.435 e. The summed E-state index contributed by atoms with van der Waals surface area (Å²) >= 11 is 0. The van der Waals surface area contributed by atoms with Crippen LogP contribution >= 0.6 is 0 Å². The maximum atomic E-state index is 11.7. The molecular weight excluding hydrogens is 210 g/mol. The summed E-state index contributed by atoms with van der Waals surface area (Å²) in [4.78, 5) is 24.2. The van der Waals surface area contributed by atoms with Gasteiger partial charge in [0.2, 0.25) is 6.23 Å². The zero-order valence-corrected chi connectivity index (χ0v) is 10.0. The molecule has 1 amide bonds. The molecule has 1 rings (SSSR count). The Balaban J connectivity index is 2.68. The van der Waals surface area contributed by atoms with Gasteiger partial charge in [-0.1, -0.05) is 13.8 Å². The van der Waals surface area contributed by atoms with Crippen LogP contribution in [0, 0.1) is 5.92 Å². The zero-order valence-electron chi connectivity index (χ0n) is 10.0. The van der Waals surface area contributed by atoms with Crippen LogP contribution in [-0.4, -0.2) is 36.8 Å². The quantitative estimate of drug-likeness (QED) is 0.686. The van der Waals surface area contributed by atoms with Gasteiger partial charge in [0, 0.05) is 12.6 Å². The summed E-state index contributed by atoms with van der Waals surface area (Å²) in [6, 6.07) is 0. The van der Waals surface area contributed by atoms with Crippen molar-refractivity contribution < 1.29 is 19.1 Å². The van der Waals surface area contributed by atoms with Gasteiger partial charge in [-0.3, -0.25) is 4.79 Å². The molecule has 0 N–H and O–H groups in total. The molecule has 0 aliphatic carbocycles. The van der Waals surface area contributed by atoms with Gasteiger partial charge in [0.25, 0.3) is 5.91 Å². The Bertz CT molecular complexity index is 322. The Labute approximate surface area is 95.0 Å². The van der Waals surface area contributed by atoms with Gasteiger partial charge >= 0.3 is 6.16 Å². The molecule has 0 aromatic rings. The lowest BCUT2D eigenvalue weighted by atomic mass is 10.0. The first kappa shape index (κ1) is 12.5. The highest BCUT2D eigenvalue weighted by atomic mass is 16.7. The Morgan fingerprint density at radius 2 is 2.19 bits per heavy atom. The topological polar surface area (TPSA) is 55.8 Å². The number of carbonyl (C=O) groups is 2. The van der Waals surface area contributed by atoms with Gasteiger partial charge in [-0.05, 0) is 18.9 Å². The lowest BCUT2D eigenvalue weighted by Crippen LogP contribution is -2.34. The van der Waals surface area contributed by atoms with Gasteiger partial charge in [0.15, 0.2) is 0 Å². The van der Waals surface area contributed by atoms with E-state index < -0.39 is 12.4 Å². The second-order valence-corrected chi connectivity index (χ2v) is 3.88. The van der Waals surface area contributed by atoms with E-state index in [1.54, 1.807) is 20.0 Å². The second kappa shape index (κ2) is 5.01. The monoisotopic (exact) mass is 227 g/mol. The summed E-state index contributed by atoms with van der Waals surface area (Å²) < 4.78 is 9.64. The van der Waals surface area contributed by atoms with Gasteiger partial charge < -0.3 is 14.4 Å². The van der Waals surface area contributed by atoms with E-state index in [0.29, 0.717) is 5.57 Å². The lowest BCUT2D eigenvalue weighted by Gasteiger charge is -2.19. The number of rotatable bonds is 3. The van der Waals surface area contributed by atoms with Gasteiger partial charge in [0.05, 0.1) is 6.61 Å². The second-order valence-electron chi connectivity index (χ2n) is 3.88. The molecule has 1 aliphatic heterocycles. The lowest BCUT2D eigenvalue weighted by molar-refractivity contribution is -0.131. The molecule has 0 aromatic heterocycles. The number of carbonyl (C=O) groups excluding carboxylic acids is 2. The van der Waals surface area contributed by atoms with Crippen LogP contribution < -0.4 is 0 Å². The molecule has 0 spiro atoms. The molecule has 1 heterocycles. The Hall–Kier alpha value is -1.52. The average molecular weight is 227 g/mol. The van der Waals surface area contributed by atoms with Crippen LogP contribution in [0.2, 0.25) is 0 Å². The summed E-state index contributed by atoms with van der Waals surface area (Å²) in [5.74, 6) is 0.00930. The first-order valence-corrected chi connectivity index (χ1v) is 5.29. The summed E-state index contributed by atoms with van der Waals surface area (Å²) in [5, 5.41) is 0. The Morgan fingerprint density at radius 1 is 1.56 bits per heavy atom. The minimum atomic E-state index is -0.756. The van der Waals surface area contributed by atoms with Crippen molar-refractivity contribution in [1.29, 1.82) is 0 Å². The molecule has 1 atom stereocenters. The maximum absolute atomic E-state index is 11.7. The predicted octanol–water partition coefficient (Wildman–Crippen LogP) is 1.54. The molecular formula is C11H17NO4. The Morgan fingerprint density at radius 3 is 2.62 bits per heavy atom. The molecule has 0 saturated carbocycles. The highest BCUT2D eigenvalue weighted by molar-refractivity contribution is 5.96. The highest BCUT2D eigenvalue weighted by Gasteiger charge is 2.33. The van der Waals surface area contributed by atoms with Crippen molar-refractivity contribution in [2.75, 3.05) is 13.7 Å². The number of amides is 1. The van der Waals surface area contributed by atoms with Crippen LogP contribution in [0.25, 0.3) is 0 Å². The van der Waals surface area contributed by atoms with Crippen LogP contribution in [0.15, 0.2) is 11.6 Å². The van der Waals surface area contributed by atoms with Crippen LogP contribution in [0.5, 0.6) is 0 Å². The summed E-state index contributed by atoms with van der Waals surface area (Å²) in [6.45, 7) is 5.79. The molecule has 5 heteroatoms. The summed E-state index contributed by atoms with van der Waals surface area (Å²) in [6.07, 6.45) is 0.251. The van der Waals surface area contributed by atoms with E-state index in [2.05, 4.69) is 4.74 Å². The Kier molecular flexibility index (Phi) is 3.93. The minimum absolute atomic E-state index is 0.107. The maximum Gasteiger partial charge on any atom is 0.510 e. The van der Waals surface area contributed by atoms with Crippen molar-refractivity contribution in [1.82, 2.24) is 4.90 Å². The van der Waals surface area contributed by atoms with Crippen molar-refractivity contribution in [3.8, 4) is 0 Å². The number of hydrogen-bond donors (Lipinski definition) is 0. The van der Waals surface area contributed by atoms with Crippen LogP contribution in [0.3, 0.4) is 0 Å². The summed E-state index contributed by atoms with van der Waals surface area (Å²) in [5.41, 5.74) is 0.664. The number of ether oxygens (including phenoxy) is 2. The molecule has 1 aliphatic rings. The third-order valence-corrected chi connectivity index (χ3v) is 2.37. The van der Waals surface area contributed by atoms with Gasteiger partial charge in [-0.2, -0.15) is 0 Å². The molecule has 0 saturated heterocycles. The van der Waals surface area contributed by atoms with Crippen molar-refractivity contribution in [2.24, 2.45) is 5.92 Å². The van der Waals surface area contributed by atoms with Gasteiger partial charge in [-0.25, -0.2) is 4.79 Å². The molecule has 1 unspecified atom stereocenters. The van der Waals surface area contributed by atoms with E-state index in [0.717, 1.165) is 0 Å². The molecule has 16 heavy (non-hydrogen) atoms. The number of nitrogens with zero attached hydrogens (tertiary/aromatic N) is 1. The SMILES string of the molecule is CCOC(=O)OC1C=C(C(C)C)C(=O)N1C. The molecule has 0 aromatic carbocycles. The molecule has 90 valence electrons. The standard InChI is InChI=1S/C11H17NO4/c1-5-15-11(14)16-9-6-8(7(2)3)10(13)12(9)4/h6-7,9H,5H2,1-4H3. The fourth-order valence-electron chi connectivity index (χ4n) is 1.46. The number of hydrogen-bond acceptors (Lipinski definition) is 4. The van der Waals surface area contributed by atoms with E-state index in [-0.39, 0.29) is 18.4 Å². The van der Waals surface area contributed by atoms with Crippen molar-refractivity contribution in [3.63, 3.8) is 0 Å². The van der Waals surface area contributed by atoms with Crippen LogP contribution in [0.4, 0.5) is 4.79 Å².